The van der Waals surface area contributed by atoms with E-state index >= 15 is 0 Å². The molecule has 1 amide bonds. The lowest BCUT2D eigenvalue weighted by atomic mass is 9.75. The van der Waals surface area contributed by atoms with Crippen molar-refractivity contribution in [3.63, 3.8) is 0 Å². The van der Waals surface area contributed by atoms with E-state index in [9.17, 15) is 18.7 Å². The molecule has 7 heteroatoms. The Kier molecular flexibility index (Phi) is 8.17. The monoisotopic (exact) mass is 542 g/mol. The normalized spacial score (nSPS) is 23.7. The van der Waals surface area contributed by atoms with E-state index in [2.05, 4.69) is 55.7 Å². The van der Waals surface area contributed by atoms with Crippen molar-refractivity contribution in [2.24, 2.45) is 0 Å². The summed E-state index contributed by atoms with van der Waals surface area (Å²) in [5.74, 6) is -1.81. The molecule has 3 N–H and O–H groups in total. The lowest BCUT2D eigenvalue weighted by Gasteiger charge is -2.41. The van der Waals surface area contributed by atoms with E-state index < -0.39 is 40.9 Å². The molecule has 0 radical (unpaired) electrons. The van der Waals surface area contributed by atoms with Gasteiger partial charge in [-0.3, -0.25) is 0 Å². The van der Waals surface area contributed by atoms with Crippen molar-refractivity contribution >= 4 is 6.09 Å². The fraction of sp³-hybridized carbons (Fsp3) is 0.594. The lowest BCUT2D eigenvalue weighted by Crippen LogP contribution is -2.55. The van der Waals surface area contributed by atoms with Gasteiger partial charge >= 0.3 is 6.09 Å². The highest BCUT2D eigenvalue weighted by Crippen LogP contribution is 2.54. The average molecular weight is 543 g/mol. The molecule has 0 saturated heterocycles. The molecular weight excluding hydrogens is 498 g/mol. The second-order valence-electron chi connectivity index (χ2n) is 13.5. The van der Waals surface area contributed by atoms with Gasteiger partial charge in [-0.15, -0.1) is 0 Å². The first kappa shape index (κ1) is 29.5. The van der Waals surface area contributed by atoms with E-state index in [4.69, 9.17) is 4.74 Å². The first-order valence-corrected chi connectivity index (χ1v) is 14.1. The zero-order valence-electron chi connectivity index (χ0n) is 24.2. The molecule has 2 aromatic rings. The van der Waals surface area contributed by atoms with E-state index in [0.717, 1.165) is 31.7 Å². The molecule has 0 bridgehead atoms. The number of rotatable bonds is 7. The standard InChI is InChI=1S/C32H44F2N2O3/c1-29(2,3)22-10-12-23(13-11-22)31(14-8-7-9-15-31)35-20-27(37)32(36-28(38)39-30(4,5)6)19-26(32)21-16-24(33)18-25(34)17-21/h10-13,16-18,26-27,35,37H,7-9,14-15,19-20H2,1-6H3,(H,36,38)/t26-,27-,32?/m1/s1. The molecule has 5 nitrogen and oxygen atoms in total. The van der Waals surface area contributed by atoms with Crippen LogP contribution in [0.5, 0.6) is 0 Å². The SMILES string of the molecule is CC(C)(C)OC(=O)NC1([C@H](O)CNC2(c3ccc(C(C)(C)C)cc3)CCCCC2)C[C@@H]1c1cc(F)cc(F)c1. The van der Waals surface area contributed by atoms with Gasteiger partial charge in [-0.2, -0.15) is 0 Å². The average Bonchev–Trinajstić information content (AvgIpc) is 3.56. The molecule has 2 saturated carbocycles. The van der Waals surface area contributed by atoms with Crippen LogP contribution in [0.25, 0.3) is 0 Å². The first-order chi connectivity index (χ1) is 18.1. The molecule has 214 valence electrons. The van der Waals surface area contributed by atoms with Crippen LogP contribution in [-0.4, -0.2) is 35.0 Å². The summed E-state index contributed by atoms with van der Waals surface area (Å²) < 4.78 is 33.6. The molecule has 39 heavy (non-hydrogen) atoms. The zero-order chi connectivity index (χ0) is 28.6. The van der Waals surface area contributed by atoms with Crippen LogP contribution in [0.1, 0.15) is 103 Å². The van der Waals surface area contributed by atoms with Gasteiger partial charge in [-0.25, -0.2) is 13.6 Å². The summed E-state index contributed by atoms with van der Waals surface area (Å²) in [6.07, 6.45) is 3.90. The Morgan fingerprint density at radius 3 is 2.13 bits per heavy atom. The Labute approximate surface area is 231 Å². The largest absolute Gasteiger partial charge is 0.444 e. The lowest BCUT2D eigenvalue weighted by molar-refractivity contribution is 0.0368. The number of aliphatic hydroxyl groups excluding tert-OH is 1. The van der Waals surface area contributed by atoms with Gasteiger partial charge < -0.3 is 20.5 Å². The van der Waals surface area contributed by atoms with Crippen LogP contribution < -0.4 is 10.6 Å². The Bertz CT molecular complexity index is 1140. The van der Waals surface area contributed by atoms with E-state index in [1.165, 1.54) is 29.7 Å². The number of nitrogens with one attached hydrogen (secondary N) is 2. The summed E-state index contributed by atoms with van der Waals surface area (Å²) in [5, 5.41) is 18.1. The molecule has 1 unspecified atom stereocenters. The second kappa shape index (κ2) is 10.8. The molecule has 0 aliphatic heterocycles. The fourth-order valence-corrected chi connectivity index (χ4v) is 6.04. The van der Waals surface area contributed by atoms with Crippen molar-refractivity contribution in [1.29, 1.82) is 0 Å². The molecule has 2 aliphatic carbocycles. The number of hydrogen-bond acceptors (Lipinski definition) is 4. The summed E-state index contributed by atoms with van der Waals surface area (Å²) in [6.45, 7) is 12.1. The van der Waals surface area contributed by atoms with Gasteiger partial charge in [0, 0.05) is 24.1 Å². The Hall–Kier alpha value is -2.51. The van der Waals surface area contributed by atoms with Gasteiger partial charge in [-0.05, 0) is 74.3 Å². The topological polar surface area (TPSA) is 70.6 Å². The van der Waals surface area contributed by atoms with Crippen LogP contribution in [-0.2, 0) is 15.7 Å². The van der Waals surface area contributed by atoms with Gasteiger partial charge in [0.05, 0.1) is 11.6 Å². The predicted octanol–water partition coefficient (Wildman–Crippen LogP) is 6.82. The second-order valence-corrected chi connectivity index (χ2v) is 13.5. The van der Waals surface area contributed by atoms with E-state index in [-0.39, 0.29) is 17.5 Å². The Balaban J connectivity index is 1.58. The van der Waals surface area contributed by atoms with E-state index in [1.807, 2.05) is 0 Å². The molecule has 0 spiro atoms. The van der Waals surface area contributed by atoms with Crippen LogP contribution >= 0.6 is 0 Å². The summed E-state index contributed by atoms with van der Waals surface area (Å²) >= 11 is 0. The fourth-order valence-electron chi connectivity index (χ4n) is 6.04. The number of ether oxygens (including phenoxy) is 1. The summed E-state index contributed by atoms with van der Waals surface area (Å²) in [7, 11) is 0. The van der Waals surface area contributed by atoms with Crippen molar-refractivity contribution in [2.45, 2.75) is 114 Å². The number of hydrogen-bond donors (Lipinski definition) is 3. The predicted molar refractivity (Wildman–Crippen MR) is 150 cm³/mol. The number of benzene rings is 2. The molecule has 2 aliphatic rings. The van der Waals surface area contributed by atoms with Crippen molar-refractivity contribution in [2.75, 3.05) is 6.54 Å². The Morgan fingerprint density at radius 2 is 1.59 bits per heavy atom. The van der Waals surface area contributed by atoms with Gasteiger partial charge in [-0.1, -0.05) is 64.3 Å². The van der Waals surface area contributed by atoms with Gasteiger partial charge in [0.15, 0.2) is 0 Å². The summed E-state index contributed by atoms with van der Waals surface area (Å²) in [6, 6.07) is 12.1. The Morgan fingerprint density at radius 1 is 1.00 bits per heavy atom. The minimum atomic E-state index is -1.10. The van der Waals surface area contributed by atoms with Crippen LogP contribution in [0, 0.1) is 11.6 Å². The van der Waals surface area contributed by atoms with E-state index in [0.29, 0.717) is 12.0 Å². The molecular formula is C32H44F2N2O3. The van der Waals surface area contributed by atoms with Crippen LogP contribution in [0.3, 0.4) is 0 Å². The number of halogens is 2. The summed E-state index contributed by atoms with van der Waals surface area (Å²) in [4.78, 5) is 12.8. The maximum atomic E-state index is 14.1. The highest BCUT2D eigenvalue weighted by atomic mass is 19.1. The van der Waals surface area contributed by atoms with Gasteiger partial charge in [0.1, 0.15) is 17.2 Å². The van der Waals surface area contributed by atoms with Crippen molar-refractivity contribution in [3.8, 4) is 0 Å². The van der Waals surface area contributed by atoms with Crippen LogP contribution in [0.2, 0.25) is 0 Å². The van der Waals surface area contributed by atoms with Gasteiger partial charge in [0.2, 0.25) is 0 Å². The maximum Gasteiger partial charge on any atom is 0.408 e. The van der Waals surface area contributed by atoms with Crippen molar-refractivity contribution < 1.29 is 23.4 Å². The van der Waals surface area contributed by atoms with Crippen LogP contribution in [0.15, 0.2) is 42.5 Å². The highest BCUT2D eigenvalue weighted by molar-refractivity contribution is 5.70. The number of aliphatic hydroxyl groups is 1. The first-order valence-electron chi connectivity index (χ1n) is 14.1. The third-order valence-electron chi connectivity index (χ3n) is 8.26. The van der Waals surface area contributed by atoms with Crippen molar-refractivity contribution in [3.05, 3.63) is 70.8 Å². The van der Waals surface area contributed by atoms with Crippen LogP contribution in [0.4, 0.5) is 13.6 Å². The summed E-state index contributed by atoms with van der Waals surface area (Å²) in [5.41, 5.74) is 0.804. The third kappa shape index (κ3) is 6.80. The highest BCUT2D eigenvalue weighted by Gasteiger charge is 2.61. The number of alkyl carbamates (subject to hydrolysis) is 1. The molecule has 4 rings (SSSR count). The molecule has 0 aromatic heterocycles. The minimum Gasteiger partial charge on any atom is -0.444 e. The van der Waals surface area contributed by atoms with Gasteiger partial charge in [0.25, 0.3) is 0 Å². The van der Waals surface area contributed by atoms with Crippen molar-refractivity contribution in [1.82, 2.24) is 10.6 Å². The molecule has 2 aromatic carbocycles. The number of amides is 1. The zero-order valence-corrected chi connectivity index (χ0v) is 24.2. The molecule has 2 fully saturated rings. The number of carbonyl (C=O) groups is 1. The molecule has 3 atom stereocenters. The smallest absolute Gasteiger partial charge is 0.408 e. The quantitative estimate of drug-likeness (QED) is 0.359. The third-order valence-corrected chi connectivity index (χ3v) is 8.26. The number of carbonyl (C=O) groups excluding carboxylic acids is 1. The minimum absolute atomic E-state index is 0.0545. The van der Waals surface area contributed by atoms with E-state index in [1.54, 1.807) is 20.8 Å². The molecule has 0 heterocycles. The maximum absolute atomic E-state index is 14.1.